The zero-order chi connectivity index (χ0) is 19.2. The SMILES string of the molecule is COc1ccc(C(C[N+](=O)[O-])C2CCCC=C2[NH+]2CCOCC2)cc1OC. The van der Waals surface area contributed by atoms with Crippen LogP contribution in [0.1, 0.15) is 30.7 Å². The fraction of sp³-hybridized carbons (Fsp3) is 0.600. The standard InChI is InChI=1S/C20H28N2O5/c1-25-19-8-7-15(13-20(19)26-2)17(14-22(23)24)16-5-3-4-6-18(16)21-9-11-27-12-10-21/h6-8,13,16-17H,3-5,9-12,14H2,1-2H3/p+1. The summed E-state index contributed by atoms with van der Waals surface area (Å²) in [7, 11) is 3.18. The third-order valence-electron chi connectivity index (χ3n) is 5.65. The van der Waals surface area contributed by atoms with Gasteiger partial charge >= 0.3 is 0 Å². The van der Waals surface area contributed by atoms with Crippen LogP contribution in [0.2, 0.25) is 0 Å². The minimum Gasteiger partial charge on any atom is -0.493 e. The first-order chi connectivity index (χ1) is 13.1. The summed E-state index contributed by atoms with van der Waals surface area (Å²) in [5, 5.41) is 11.5. The fourth-order valence-electron chi connectivity index (χ4n) is 4.34. The summed E-state index contributed by atoms with van der Waals surface area (Å²) in [4.78, 5) is 12.7. The van der Waals surface area contributed by atoms with Crippen molar-refractivity contribution in [2.45, 2.75) is 25.2 Å². The maximum atomic E-state index is 11.5. The maximum Gasteiger partial charge on any atom is 0.211 e. The van der Waals surface area contributed by atoms with Gasteiger partial charge in [0.05, 0.1) is 33.4 Å². The highest BCUT2D eigenvalue weighted by atomic mass is 16.6. The first-order valence-electron chi connectivity index (χ1n) is 9.60. The molecule has 1 aromatic rings. The minimum absolute atomic E-state index is 0.0821. The Bertz CT molecular complexity index is 685. The van der Waals surface area contributed by atoms with Gasteiger partial charge in [-0.15, -0.1) is 0 Å². The lowest BCUT2D eigenvalue weighted by atomic mass is 9.77. The van der Waals surface area contributed by atoms with E-state index in [1.54, 1.807) is 14.2 Å². The van der Waals surface area contributed by atoms with Gasteiger partial charge in [0.2, 0.25) is 6.54 Å². The van der Waals surface area contributed by atoms with Crippen molar-refractivity contribution in [3.05, 3.63) is 45.6 Å². The summed E-state index contributed by atoms with van der Waals surface area (Å²) in [6, 6.07) is 5.68. The Hall–Kier alpha value is -2.12. The molecular weight excluding hydrogens is 348 g/mol. The highest BCUT2D eigenvalue weighted by molar-refractivity contribution is 5.44. The third-order valence-corrected chi connectivity index (χ3v) is 5.65. The zero-order valence-corrected chi connectivity index (χ0v) is 16.1. The molecule has 1 aliphatic heterocycles. The van der Waals surface area contributed by atoms with E-state index in [9.17, 15) is 10.1 Å². The van der Waals surface area contributed by atoms with Crippen LogP contribution in [0.3, 0.4) is 0 Å². The van der Waals surface area contributed by atoms with E-state index < -0.39 is 0 Å². The van der Waals surface area contributed by atoms with Gasteiger partial charge in [-0.05, 0) is 43.0 Å². The summed E-state index contributed by atoms with van der Waals surface area (Å²) in [6.07, 6.45) is 5.40. The van der Waals surface area contributed by atoms with Gasteiger partial charge < -0.3 is 19.1 Å². The van der Waals surface area contributed by atoms with Crippen molar-refractivity contribution < 1.29 is 24.0 Å². The number of nitro groups is 1. The van der Waals surface area contributed by atoms with Crippen LogP contribution in [0.15, 0.2) is 30.0 Å². The predicted octanol–water partition coefficient (Wildman–Crippen LogP) is 1.66. The van der Waals surface area contributed by atoms with E-state index in [1.807, 2.05) is 18.2 Å². The average molecular weight is 377 g/mol. The van der Waals surface area contributed by atoms with Gasteiger partial charge in [-0.1, -0.05) is 6.07 Å². The highest BCUT2D eigenvalue weighted by Crippen LogP contribution is 2.38. The van der Waals surface area contributed by atoms with Crippen molar-refractivity contribution in [3.8, 4) is 11.5 Å². The second-order valence-electron chi connectivity index (χ2n) is 7.15. The average Bonchev–Trinajstić information content (AvgIpc) is 2.72. The molecule has 2 aliphatic rings. The lowest BCUT2D eigenvalue weighted by molar-refractivity contribution is -0.874. The van der Waals surface area contributed by atoms with Gasteiger partial charge in [0, 0.05) is 10.8 Å². The van der Waals surface area contributed by atoms with Gasteiger partial charge in [0.15, 0.2) is 11.5 Å². The molecule has 1 aliphatic carbocycles. The number of rotatable bonds is 7. The third kappa shape index (κ3) is 4.59. The summed E-state index contributed by atoms with van der Waals surface area (Å²) in [5.41, 5.74) is 2.26. The Balaban J connectivity index is 1.94. The summed E-state index contributed by atoms with van der Waals surface area (Å²) in [6.45, 7) is 3.27. The van der Waals surface area contributed by atoms with Crippen molar-refractivity contribution in [2.24, 2.45) is 5.92 Å². The van der Waals surface area contributed by atoms with E-state index >= 15 is 0 Å². The molecule has 1 fully saturated rings. The molecule has 1 N–H and O–H groups in total. The molecule has 2 unspecified atom stereocenters. The van der Waals surface area contributed by atoms with Gasteiger partial charge in [-0.3, -0.25) is 10.1 Å². The fourth-order valence-corrected chi connectivity index (χ4v) is 4.34. The number of allylic oxidation sites excluding steroid dienone is 2. The highest BCUT2D eigenvalue weighted by Gasteiger charge is 2.37. The van der Waals surface area contributed by atoms with Crippen molar-refractivity contribution in [1.82, 2.24) is 0 Å². The molecule has 1 aromatic carbocycles. The van der Waals surface area contributed by atoms with Crippen LogP contribution in [-0.2, 0) is 4.74 Å². The van der Waals surface area contributed by atoms with Crippen LogP contribution < -0.4 is 14.4 Å². The van der Waals surface area contributed by atoms with Crippen LogP contribution in [0, 0.1) is 16.0 Å². The van der Waals surface area contributed by atoms with E-state index in [-0.39, 0.29) is 23.3 Å². The van der Waals surface area contributed by atoms with E-state index in [0.717, 1.165) is 51.1 Å². The molecule has 7 heteroatoms. The number of hydrogen-bond donors (Lipinski definition) is 1. The van der Waals surface area contributed by atoms with E-state index in [0.29, 0.717) is 11.5 Å². The zero-order valence-electron chi connectivity index (χ0n) is 16.1. The van der Waals surface area contributed by atoms with Crippen molar-refractivity contribution >= 4 is 0 Å². The lowest BCUT2D eigenvalue weighted by Crippen LogP contribution is -3.13. The number of benzene rings is 1. The number of methoxy groups -OCH3 is 2. The Morgan fingerprint density at radius 3 is 2.67 bits per heavy atom. The largest absolute Gasteiger partial charge is 0.493 e. The normalized spacial score (nSPS) is 22.0. The second kappa shape index (κ2) is 9.19. The number of nitrogens with zero attached hydrogens (tertiary/aromatic N) is 1. The number of nitrogens with one attached hydrogen (secondary N) is 1. The van der Waals surface area contributed by atoms with Crippen LogP contribution in [-0.4, -0.2) is 52.0 Å². The summed E-state index contributed by atoms with van der Waals surface area (Å²) >= 11 is 0. The summed E-state index contributed by atoms with van der Waals surface area (Å²) in [5.74, 6) is 1.24. The molecule has 0 amide bonds. The molecule has 148 valence electrons. The van der Waals surface area contributed by atoms with Crippen molar-refractivity contribution in [1.29, 1.82) is 0 Å². The van der Waals surface area contributed by atoms with Crippen LogP contribution in [0.5, 0.6) is 11.5 Å². The van der Waals surface area contributed by atoms with E-state index in [2.05, 4.69) is 6.08 Å². The molecule has 0 aromatic heterocycles. The second-order valence-corrected chi connectivity index (χ2v) is 7.15. The first-order valence-corrected chi connectivity index (χ1v) is 9.60. The molecule has 0 radical (unpaired) electrons. The first kappa shape index (κ1) is 19.6. The molecule has 0 bridgehead atoms. The number of quaternary nitrogens is 1. The van der Waals surface area contributed by atoms with E-state index in [1.165, 1.54) is 10.6 Å². The van der Waals surface area contributed by atoms with Crippen molar-refractivity contribution in [3.63, 3.8) is 0 Å². The minimum atomic E-state index is -0.192. The predicted molar refractivity (Wildman–Crippen MR) is 101 cm³/mol. The Kier molecular flexibility index (Phi) is 6.68. The number of morpholine rings is 1. The van der Waals surface area contributed by atoms with Gasteiger partial charge in [0.25, 0.3) is 0 Å². The number of hydrogen-bond acceptors (Lipinski definition) is 5. The molecule has 7 nitrogen and oxygen atoms in total. The molecule has 27 heavy (non-hydrogen) atoms. The molecular formula is C20H29N2O5+. The Morgan fingerprint density at radius 1 is 1.26 bits per heavy atom. The lowest BCUT2D eigenvalue weighted by Gasteiger charge is -2.35. The Labute approximate surface area is 160 Å². The molecule has 1 heterocycles. The molecule has 0 saturated carbocycles. The molecule has 1 saturated heterocycles. The smallest absolute Gasteiger partial charge is 0.211 e. The van der Waals surface area contributed by atoms with Gasteiger partial charge in [-0.25, -0.2) is 0 Å². The topological polar surface area (TPSA) is 75.3 Å². The Morgan fingerprint density at radius 2 is 2.00 bits per heavy atom. The molecule has 2 atom stereocenters. The maximum absolute atomic E-state index is 11.5. The van der Waals surface area contributed by atoms with Crippen LogP contribution in [0.4, 0.5) is 0 Å². The van der Waals surface area contributed by atoms with Crippen LogP contribution in [0.25, 0.3) is 0 Å². The number of ether oxygens (including phenoxy) is 3. The monoisotopic (exact) mass is 377 g/mol. The quantitative estimate of drug-likeness (QED) is 0.578. The van der Waals surface area contributed by atoms with E-state index in [4.69, 9.17) is 14.2 Å². The summed E-state index contributed by atoms with van der Waals surface area (Å²) < 4.78 is 16.3. The molecule has 0 spiro atoms. The van der Waals surface area contributed by atoms with Gasteiger partial charge in [0.1, 0.15) is 18.8 Å². The van der Waals surface area contributed by atoms with Gasteiger partial charge in [-0.2, -0.15) is 0 Å². The molecule has 3 rings (SSSR count). The van der Waals surface area contributed by atoms with Crippen molar-refractivity contribution in [2.75, 3.05) is 47.1 Å². The van der Waals surface area contributed by atoms with Crippen LogP contribution >= 0.6 is 0 Å².